The van der Waals surface area contributed by atoms with Gasteiger partial charge in [-0.3, -0.25) is 4.90 Å². The quantitative estimate of drug-likeness (QED) is 0.880. The molecule has 2 saturated heterocycles. The largest absolute Gasteiger partial charge is 0.390 e. The molecule has 0 aromatic carbocycles. The van der Waals surface area contributed by atoms with Crippen LogP contribution in [0.3, 0.4) is 0 Å². The van der Waals surface area contributed by atoms with Gasteiger partial charge in [-0.25, -0.2) is 4.98 Å². The van der Waals surface area contributed by atoms with Gasteiger partial charge in [0.25, 0.3) is 0 Å². The number of aliphatic hydroxyl groups is 1. The summed E-state index contributed by atoms with van der Waals surface area (Å²) in [5, 5.41) is 10.3. The van der Waals surface area contributed by atoms with E-state index in [9.17, 15) is 5.11 Å². The number of methoxy groups -OCH3 is 1. The molecule has 0 radical (unpaired) electrons. The molecule has 1 atom stereocenters. The minimum absolute atomic E-state index is 0.291. The van der Waals surface area contributed by atoms with E-state index in [0.717, 1.165) is 64.3 Å². The second-order valence-electron chi connectivity index (χ2n) is 6.38. The number of imidazole rings is 1. The predicted molar refractivity (Wildman–Crippen MR) is 82.5 cm³/mol. The second kappa shape index (κ2) is 7.08. The maximum absolute atomic E-state index is 10.3. The number of aliphatic hydroxyl groups excluding tert-OH is 1. The molecule has 2 aliphatic rings. The summed E-state index contributed by atoms with van der Waals surface area (Å²) >= 11 is 0. The van der Waals surface area contributed by atoms with Crippen LogP contribution in [0.15, 0.2) is 12.4 Å². The van der Waals surface area contributed by atoms with Crippen molar-refractivity contribution >= 4 is 0 Å². The lowest BCUT2D eigenvalue weighted by atomic mass is 9.82. The summed E-state index contributed by atoms with van der Waals surface area (Å²) in [5.41, 5.74) is -0.291. The molecule has 1 spiro atoms. The molecular weight excluding hydrogens is 282 g/mol. The van der Waals surface area contributed by atoms with Crippen molar-refractivity contribution in [2.75, 3.05) is 33.4 Å². The molecule has 1 N–H and O–H groups in total. The first-order valence-electron chi connectivity index (χ1n) is 8.27. The van der Waals surface area contributed by atoms with Crippen molar-refractivity contribution in [3.8, 4) is 0 Å². The van der Waals surface area contributed by atoms with Gasteiger partial charge >= 0.3 is 0 Å². The fourth-order valence-corrected chi connectivity index (χ4v) is 3.56. The second-order valence-corrected chi connectivity index (χ2v) is 6.38. The van der Waals surface area contributed by atoms with Crippen LogP contribution in [0.1, 0.15) is 31.5 Å². The fourth-order valence-electron chi connectivity index (χ4n) is 3.56. The number of rotatable bonds is 5. The van der Waals surface area contributed by atoms with Crippen molar-refractivity contribution in [2.45, 2.75) is 50.5 Å². The lowest BCUT2D eigenvalue weighted by molar-refractivity contribution is -0.177. The van der Waals surface area contributed by atoms with Gasteiger partial charge in [0, 0.05) is 45.7 Å². The van der Waals surface area contributed by atoms with Crippen molar-refractivity contribution in [3.05, 3.63) is 18.2 Å². The number of hydrogen-bond donors (Lipinski definition) is 1. The van der Waals surface area contributed by atoms with E-state index in [0.29, 0.717) is 6.61 Å². The van der Waals surface area contributed by atoms with Crippen LogP contribution in [0.5, 0.6) is 0 Å². The van der Waals surface area contributed by atoms with Crippen LogP contribution < -0.4 is 0 Å². The van der Waals surface area contributed by atoms with E-state index < -0.39 is 0 Å². The Hall–Kier alpha value is -0.950. The Balaban J connectivity index is 1.55. The smallest absolute Gasteiger partial charge is 0.122 e. The van der Waals surface area contributed by atoms with Crippen molar-refractivity contribution < 1.29 is 14.6 Å². The monoisotopic (exact) mass is 309 g/mol. The van der Waals surface area contributed by atoms with E-state index in [1.807, 2.05) is 12.4 Å². The molecule has 6 nitrogen and oxygen atoms in total. The van der Waals surface area contributed by atoms with Crippen LogP contribution in [0.2, 0.25) is 0 Å². The average molecular weight is 309 g/mol. The van der Waals surface area contributed by atoms with Gasteiger partial charge in [-0.15, -0.1) is 0 Å². The SMILES string of the molecule is COCCn1ccnc1CN1CCC2(CC1)OCCC[C@@H]2O. The van der Waals surface area contributed by atoms with Gasteiger partial charge < -0.3 is 19.1 Å². The molecule has 124 valence electrons. The summed E-state index contributed by atoms with van der Waals surface area (Å²) in [6, 6.07) is 0. The summed E-state index contributed by atoms with van der Waals surface area (Å²) in [4.78, 5) is 6.87. The highest BCUT2D eigenvalue weighted by atomic mass is 16.5. The van der Waals surface area contributed by atoms with Gasteiger partial charge in [-0.2, -0.15) is 0 Å². The summed E-state index contributed by atoms with van der Waals surface area (Å²) in [6.07, 6.45) is 7.23. The molecule has 0 unspecified atom stereocenters. The maximum atomic E-state index is 10.3. The minimum Gasteiger partial charge on any atom is -0.390 e. The number of aromatic nitrogens is 2. The number of likely N-dealkylation sites (tertiary alicyclic amines) is 1. The lowest BCUT2D eigenvalue weighted by Crippen LogP contribution is -2.55. The zero-order valence-corrected chi connectivity index (χ0v) is 13.4. The van der Waals surface area contributed by atoms with Gasteiger partial charge in [0.1, 0.15) is 5.82 Å². The molecular formula is C16H27N3O3. The van der Waals surface area contributed by atoms with Crippen LogP contribution >= 0.6 is 0 Å². The van der Waals surface area contributed by atoms with E-state index in [-0.39, 0.29) is 11.7 Å². The molecule has 3 rings (SSSR count). The van der Waals surface area contributed by atoms with Crippen LogP contribution in [-0.2, 0) is 22.6 Å². The molecule has 6 heteroatoms. The van der Waals surface area contributed by atoms with Crippen LogP contribution in [0, 0.1) is 0 Å². The van der Waals surface area contributed by atoms with E-state index in [2.05, 4.69) is 14.5 Å². The van der Waals surface area contributed by atoms with Crippen LogP contribution in [0.4, 0.5) is 0 Å². The minimum atomic E-state index is -0.299. The zero-order valence-electron chi connectivity index (χ0n) is 13.4. The zero-order chi connectivity index (χ0) is 15.4. The Kier molecular flexibility index (Phi) is 5.13. The van der Waals surface area contributed by atoms with Gasteiger partial charge in [0.2, 0.25) is 0 Å². The lowest BCUT2D eigenvalue weighted by Gasteiger charge is -2.46. The molecule has 2 aliphatic heterocycles. The van der Waals surface area contributed by atoms with E-state index in [1.165, 1.54) is 0 Å². The molecule has 1 aromatic heterocycles. The standard InChI is InChI=1S/C16H27N3O3/c1-21-12-10-19-9-6-17-15(19)13-18-7-4-16(5-8-18)14(20)3-2-11-22-16/h6,9,14,20H,2-5,7-8,10-13H2,1H3/t14-/m0/s1. The van der Waals surface area contributed by atoms with Crippen molar-refractivity contribution in [2.24, 2.45) is 0 Å². The van der Waals surface area contributed by atoms with Gasteiger partial charge in [-0.05, 0) is 25.7 Å². The third kappa shape index (κ3) is 3.35. The molecule has 0 saturated carbocycles. The third-order valence-electron chi connectivity index (χ3n) is 5.02. The Labute approximate surface area is 132 Å². The molecule has 3 heterocycles. The number of nitrogens with zero attached hydrogens (tertiary/aromatic N) is 3. The highest BCUT2D eigenvalue weighted by Gasteiger charge is 2.43. The Morgan fingerprint density at radius 2 is 2.27 bits per heavy atom. The summed E-state index contributed by atoms with van der Waals surface area (Å²) in [5.74, 6) is 1.08. The van der Waals surface area contributed by atoms with E-state index >= 15 is 0 Å². The fraction of sp³-hybridized carbons (Fsp3) is 0.812. The van der Waals surface area contributed by atoms with Crippen molar-refractivity contribution in [1.82, 2.24) is 14.5 Å². The molecule has 1 aromatic rings. The first-order chi connectivity index (χ1) is 10.7. The highest BCUT2D eigenvalue weighted by Crippen LogP contribution is 2.35. The Morgan fingerprint density at radius 3 is 3.00 bits per heavy atom. The number of hydrogen-bond acceptors (Lipinski definition) is 5. The third-order valence-corrected chi connectivity index (χ3v) is 5.02. The van der Waals surface area contributed by atoms with E-state index in [4.69, 9.17) is 9.47 Å². The van der Waals surface area contributed by atoms with Crippen molar-refractivity contribution in [1.29, 1.82) is 0 Å². The van der Waals surface area contributed by atoms with Gasteiger partial charge in [0.05, 0.1) is 24.9 Å². The van der Waals surface area contributed by atoms with E-state index in [1.54, 1.807) is 7.11 Å². The van der Waals surface area contributed by atoms with Gasteiger partial charge in [0.15, 0.2) is 0 Å². The first-order valence-corrected chi connectivity index (χ1v) is 8.27. The molecule has 0 amide bonds. The average Bonchev–Trinajstić information content (AvgIpc) is 2.98. The molecule has 2 fully saturated rings. The summed E-state index contributed by atoms with van der Waals surface area (Å²) in [6.45, 7) is 5.09. The summed E-state index contributed by atoms with van der Waals surface area (Å²) in [7, 11) is 1.72. The number of ether oxygens (including phenoxy) is 2. The Morgan fingerprint density at radius 1 is 1.45 bits per heavy atom. The van der Waals surface area contributed by atoms with Crippen LogP contribution in [-0.4, -0.2) is 64.7 Å². The van der Waals surface area contributed by atoms with Crippen molar-refractivity contribution in [3.63, 3.8) is 0 Å². The molecule has 0 bridgehead atoms. The molecule has 22 heavy (non-hydrogen) atoms. The highest BCUT2D eigenvalue weighted by molar-refractivity contribution is 4.98. The molecule has 0 aliphatic carbocycles. The normalized spacial score (nSPS) is 25.6. The predicted octanol–water partition coefficient (Wildman–Crippen LogP) is 1.04. The maximum Gasteiger partial charge on any atom is 0.122 e. The Bertz CT molecular complexity index is 469. The summed E-state index contributed by atoms with van der Waals surface area (Å²) < 4.78 is 13.3. The first kappa shape index (κ1) is 15.9. The topological polar surface area (TPSA) is 59.8 Å². The number of piperidine rings is 1. The van der Waals surface area contributed by atoms with Gasteiger partial charge in [-0.1, -0.05) is 0 Å². The van der Waals surface area contributed by atoms with Crippen LogP contribution in [0.25, 0.3) is 0 Å².